The van der Waals surface area contributed by atoms with Gasteiger partial charge >= 0.3 is 6.01 Å². The Labute approximate surface area is 193 Å². The van der Waals surface area contributed by atoms with Gasteiger partial charge in [0, 0.05) is 48.1 Å². The SMILES string of the molecule is COc1ncc2c(N3CC(C)NC(C)C3)ccc(C(=O)Nc3ccc4c(c3)CCCO4)c2n1. The summed E-state index contributed by atoms with van der Waals surface area (Å²) in [6.45, 7) is 6.83. The van der Waals surface area contributed by atoms with Crippen molar-refractivity contribution in [1.82, 2.24) is 15.3 Å². The van der Waals surface area contributed by atoms with E-state index in [1.54, 1.807) is 6.20 Å². The number of aryl methyl sites for hydroxylation is 1. The first-order valence-electron chi connectivity index (χ1n) is 11.4. The topological polar surface area (TPSA) is 88.6 Å². The van der Waals surface area contributed by atoms with Gasteiger partial charge in [0.05, 0.1) is 24.8 Å². The summed E-state index contributed by atoms with van der Waals surface area (Å²) in [5, 5.41) is 7.43. The van der Waals surface area contributed by atoms with Gasteiger partial charge in [-0.2, -0.15) is 4.98 Å². The number of aromatic nitrogens is 2. The van der Waals surface area contributed by atoms with Gasteiger partial charge in [-0.3, -0.25) is 4.79 Å². The first kappa shape index (κ1) is 21.5. The van der Waals surface area contributed by atoms with Gasteiger partial charge in [-0.1, -0.05) is 0 Å². The lowest BCUT2D eigenvalue weighted by atomic mass is 10.0. The van der Waals surface area contributed by atoms with Crippen molar-refractivity contribution in [3.8, 4) is 11.8 Å². The van der Waals surface area contributed by atoms with Crippen LogP contribution in [-0.2, 0) is 6.42 Å². The zero-order valence-electron chi connectivity index (χ0n) is 19.2. The zero-order valence-corrected chi connectivity index (χ0v) is 19.2. The highest BCUT2D eigenvalue weighted by Crippen LogP contribution is 2.32. The summed E-state index contributed by atoms with van der Waals surface area (Å²) in [5.74, 6) is 0.678. The molecule has 0 bridgehead atoms. The number of piperazine rings is 1. The minimum atomic E-state index is -0.217. The van der Waals surface area contributed by atoms with Crippen molar-refractivity contribution in [2.45, 2.75) is 38.8 Å². The minimum absolute atomic E-state index is 0.217. The van der Waals surface area contributed by atoms with Gasteiger partial charge in [0.1, 0.15) is 5.75 Å². The van der Waals surface area contributed by atoms with Gasteiger partial charge in [0.2, 0.25) is 0 Å². The van der Waals surface area contributed by atoms with E-state index in [4.69, 9.17) is 9.47 Å². The molecule has 0 spiro atoms. The summed E-state index contributed by atoms with van der Waals surface area (Å²) >= 11 is 0. The van der Waals surface area contributed by atoms with Crippen LogP contribution in [0, 0.1) is 0 Å². The number of benzene rings is 2. The van der Waals surface area contributed by atoms with Crippen LogP contribution in [0.3, 0.4) is 0 Å². The molecule has 5 rings (SSSR count). The highest BCUT2D eigenvalue weighted by atomic mass is 16.5. The largest absolute Gasteiger partial charge is 0.493 e. The molecule has 33 heavy (non-hydrogen) atoms. The molecule has 8 heteroatoms. The van der Waals surface area contributed by atoms with Gasteiger partial charge in [-0.05, 0) is 62.6 Å². The molecular formula is C25H29N5O3. The van der Waals surface area contributed by atoms with Crippen LogP contribution in [0.4, 0.5) is 11.4 Å². The summed E-state index contributed by atoms with van der Waals surface area (Å²) in [7, 11) is 1.53. The van der Waals surface area contributed by atoms with E-state index in [0.29, 0.717) is 23.2 Å². The van der Waals surface area contributed by atoms with Gasteiger partial charge in [0.25, 0.3) is 5.91 Å². The lowest BCUT2D eigenvalue weighted by Gasteiger charge is -2.38. The molecule has 3 aromatic rings. The van der Waals surface area contributed by atoms with Crippen LogP contribution in [0.25, 0.3) is 10.9 Å². The Hall–Kier alpha value is -3.39. The van der Waals surface area contributed by atoms with Gasteiger partial charge in [-0.15, -0.1) is 0 Å². The summed E-state index contributed by atoms with van der Waals surface area (Å²) in [6.07, 6.45) is 3.68. The predicted octanol–water partition coefficient (Wildman–Crippen LogP) is 3.40. The number of anilines is 2. The number of methoxy groups -OCH3 is 1. The fourth-order valence-electron chi connectivity index (χ4n) is 4.81. The molecule has 2 N–H and O–H groups in total. The maximum Gasteiger partial charge on any atom is 0.316 e. The van der Waals surface area contributed by atoms with E-state index >= 15 is 0 Å². The first-order valence-corrected chi connectivity index (χ1v) is 11.4. The van der Waals surface area contributed by atoms with Crippen LogP contribution >= 0.6 is 0 Å². The second-order valence-electron chi connectivity index (χ2n) is 8.85. The Morgan fingerprint density at radius 2 is 2.03 bits per heavy atom. The van der Waals surface area contributed by atoms with Crippen LogP contribution in [0.1, 0.15) is 36.2 Å². The first-order chi connectivity index (χ1) is 16.0. The third kappa shape index (κ3) is 4.30. The summed E-state index contributed by atoms with van der Waals surface area (Å²) in [4.78, 5) is 24.5. The van der Waals surface area contributed by atoms with Crippen molar-refractivity contribution in [3.05, 3.63) is 47.7 Å². The molecular weight excluding hydrogens is 418 g/mol. The molecule has 1 saturated heterocycles. The number of rotatable bonds is 4. The third-order valence-electron chi connectivity index (χ3n) is 6.20. The van der Waals surface area contributed by atoms with Crippen molar-refractivity contribution in [2.75, 3.05) is 37.0 Å². The molecule has 2 aromatic carbocycles. The molecule has 172 valence electrons. The molecule has 2 aliphatic heterocycles. The molecule has 0 saturated carbocycles. The Morgan fingerprint density at radius 1 is 1.21 bits per heavy atom. The van der Waals surface area contributed by atoms with E-state index < -0.39 is 0 Å². The van der Waals surface area contributed by atoms with Crippen LogP contribution < -0.4 is 25.0 Å². The summed E-state index contributed by atoms with van der Waals surface area (Å²) in [5.41, 5.74) is 3.95. The smallest absolute Gasteiger partial charge is 0.316 e. The maximum atomic E-state index is 13.3. The number of nitrogens with zero attached hydrogens (tertiary/aromatic N) is 3. The fraction of sp³-hybridized carbons (Fsp3) is 0.400. The molecule has 0 radical (unpaired) electrons. The van der Waals surface area contributed by atoms with Crippen LogP contribution in [0.5, 0.6) is 11.8 Å². The number of carbonyl (C=O) groups excluding carboxylic acids is 1. The molecule has 2 unspecified atom stereocenters. The Balaban J connectivity index is 1.50. The lowest BCUT2D eigenvalue weighted by molar-refractivity contribution is 0.102. The second kappa shape index (κ2) is 8.86. The second-order valence-corrected chi connectivity index (χ2v) is 8.85. The molecule has 0 aliphatic carbocycles. The summed E-state index contributed by atoms with van der Waals surface area (Å²) in [6, 6.07) is 10.6. The highest BCUT2D eigenvalue weighted by molar-refractivity contribution is 6.13. The fourth-order valence-corrected chi connectivity index (χ4v) is 4.81. The highest BCUT2D eigenvalue weighted by Gasteiger charge is 2.25. The van der Waals surface area contributed by atoms with Gasteiger partial charge in [0.15, 0.2) is 0 Å². The standard InChI is InChI=1S/C25H29N5O3/c1-15-13-30(14-16(2)27-15)21-8-7-19(23-20(21)12-26-25(29-23)32-3)24(31)28-18-6-9-22-17(11-18)5-4-10-33-22/h6-9,11-12,15-16,27H,4-5,10,13-14H2,1-3H3,(H,28,31). The van der Waals surface area contributed by atoms with E-state index in [0.717, 1.165) is 60.6 Å². The number of ether oxygens (including phenoxy) is 2. The third-order valence-corrected chi connectivity index (χ3v) is 6.20. The predicted molar refractivity (Wildman–Crippen MR) is 129 cm³/mol. The van der Waals surface area contributed by atoms with E-state index in [-0.39, 0.29) is 11.9 Å². The average molecular weight is 448 g/mol. The minimum Gasteiger partial charge on any atom is -0.493 e. The molecule has 2 aliphatic rings. The van der Waals surface area contributed by atoms with Crippen LogP contribution in [0.15, 0.2) is 36.5 Å². The molecule has 1 fully saturated rings. The normalized spacial score (nSPS) is 20.2. The zero-order chi connectivity index (χ0) is 22.9. The van der Waals surface area contributed by atoms with E-state index in [1.807, 2.05) is 30.3 Å². The molecule has 1 aromatic heterocycles. The van der Waals surface area contributed by atoms with E-state index in [1.165, 1.54) is 7.11 Å². The molecule has 1 amide bonds. The van der Waals surface area contributed by atoms with Crippen LogP contribution in [-0.4, -0.2) is 54.8 Å². The Morgan fingerprint density at radius 3 is 2.82 bits per heavy atom. The quantitative estimate of drug-likeness (QED) is 0.634. The van der Waals surface area contributed by atoms with E-state index in [2.05, 4.69) is 39.3 Å². The summed E-state index contributed by atoms with van der Waals surface area (Å²) < 4.78 is 11.0. The molecule has 3 heterocycles. The number of carbonyl (C=O) groups is 1. The van der Waals surface area contributed by atoms with Gasteiger partial charge in [-0.25, -0.2) is 4.98 Å². The van der Waals surface area contributed by atoms with Crippen molar-refractivity contribution < 1.29 is 14.3 Å². The lowest BCUT2D eigenvalue weighted by Crippen LogP contribution is -2.54. The molecule has 2 atom stereocenters. The molecule has 8 nitrogen and oxygen atoms in total. The number of hydrogen-bond donors (Lipinski definition) is 2. The van der Waals surface area contributed by atoms with E-state index in [9.17, 15) is 4.79 Å². The van der Waals surface area contributed by atoms with Crippen molar-refractivity contribution in [2.24, 2.45) is 0 Å². The number of nitrogens with one attached hydrogen (secondary N) is 2. The Kier molecular flexibility index (Phi) is 5.76. The number of fused-ring (bicyclic) bond motifs is 2. The monoisotopic (exact) mass is 447 g/mol. The number of amides is 1. The van der Waals surface area contributed by atoms with Crippen LogP contribution in [0.2, 0.25) is 0 Å². The van der Waals surface area contributed by atoms with Gasteiger partial charge < -0.3 is 25.0 Å². The van der Waals surface area contributed by atoms with Crippen molar-refractivity contribution in [3.63, 3.8) is 0 Å². The number of hydrogen-bond acceptors (Lipinski definition) is 7. The van der Waals surface area contributed by atoms with Crippen molar-refractivity contribution >= 4 is 28.2 Å². The Bertz CT molecular complexity index is 1190. The van der Waals surface area contributed by atoms with Crippen molar-refractivity contribution in [1.29, 1.82) is 0 Å². The average Bonchev–Trinajstić information content (AvgIpc) is 2.82. The maximum absolute atomic E-state index is 13.3.